The summed E-state index contributed by atoms with van der Waals surface area (Å²) < 4.78 is 43.5. The minimum absolute atomic E-state index is 0.0751. The van der Waals surface area contributed by atoms with Gasteiger partial charge in [0.25, 0.3) is 5.56 Å². The number of hydrogen-bond acceptors (Lipinski definition) is 4. The van der Waals surface area contributed by atoms with Crippen LogP contribution in [0.15, 0.2) is 35.3 Å². The van der Waals surface area contributed by atoms with E-state index in [2.05, 4.69) is 10.3 Å². The minimum Gasteiger partial charge on any atom is -0.376 e. The van der Waals surface area contributed by atoms with Gasteiger partial charge in [-0.1, -0.05) is 39.2 Å². The second-order valence-electron chi connectivity index (χ2n) is 9.92. The van der Waals surface area contributed by atoms with Crippen LogP contribution in [-0.4, -0.2) is 26.0 Å². The molecule has 5 rings (SSSR count). The zero-order valence-electron chi connectivity index (χ0n) is 18.6. The summed E-state index contributed by atoms with van der Waals surface area (Å²) in [6.45, 7) is 2.85. The number of anilines is 2. The number of rotatable bonds is 3. The second kappa shape index (κ2) is 7.35. The van der Waals surface area contributed by atoms with Crippen molar-refractivity contribution in [2.24, 2.45) is 5.41 Å². The van der Waals surface area contributed by atoms with Crippen molar-refractivity contribution in [3.8, 4) is 0 Å². The SMILES string of the molecule is CC1(C)Cc2cc(Nc3nn(C4CCCCC4)c4cc[nH]c(=O)c34)ccc2C1(O)C(F)(F)F. The molecule has 0 radical (unpaired) electrons. The van der Waals surface area contributed by atoms with Crippen LogP contribution in [0, 0.1) is 5.41 Å². The molecule has 0 amide bonds. The van der Waals surface area contributed by atoms with E-state index in [1.807, 2.05) is 10.7 Å². The van der Waals surface area contributed by atoms with Gasteiger partial charge in [0.15, 0.2) is 11.4 Å². The molecule has 1 aromatic carbocycles. The number of benzene rings is 1. The van der Waals surface area contributed by atoms with E-state index >= 15 is 0 Å². The molecule has 0 saturated heterocycles. The average Bonchev–Trinajstić information content (AvgIpc) is 3.22. The Morgan fingerprint density at radius 2 is 1.91 bits per heavy atom. The molecule has 0 bridgehead atoms. The topological polar surface area (TPSA) is 82.9 Å². The van der Waals surface area contributed by atoms with Crippen LogP contribution < -0.4 is 10.9 Å². The molecule has 1 unspecified atom stereocenters. The summed E-state index contributed by atoms with van der Waals surface area (Å²) >= 11 is 0. The number of nitrogens with one attached hydrogen (secondary N) is 2. The lowest BCUT2D eigenvalue weighted by atomic mass is 9.75. The first-order valence-corrected chi connectivity index (χ1v) is 11.3. The molecule has 2 heterocycles. The van der Waals surface area contributed by atoms with E-state index in [4.69, 9.17) is 5.10 Å². The molecule has 9 heteroatoms. The predicted octanol–water partition coefficient (Wildman–Crippen LogP) is 5.31. The Labute approximate surface area is 188 Å². The van der Waals surface area contributed by atoms with Gasteiger partial charge in [-0.15, -0.1) is 0 Å². The summed E-state index contributed by atoms with van der Waals surface area (Å²) in [5.74, 6) is 0.376. The number of aromatic nitrogens is 3. The van der Waals surface area contributed by atoms with Crippen molar-refractivity contribution >= 4 is 22.4 Å². The highest BCUT2D eigenvalue weighted by Crippen LogP contribution is 2.58. The third kappa shape index (κ3) is 3.27. The molecular weight excluding hydrogens is 433 g/mol. The van der Waals surface area contributed by atoms with E-state index in [9.17, 15) is 23.1 Å². The Balaban J connectivity index is 1.55. The van der Waals surface area contributed by atoms with Crippen LogP contribution in [0.3, 0.4) is 0 Å². The van der Waals surface area contributed by atoms with Gasteiger partial charge in [-0.3, -0.25) is 9.48 Å². The van der Waals surface area contributed by atoms with Crippen molar-refractivity contribution in [3.05, 3.63) is 51.9 Å². The highest BCUT2D eigenvalue weighted by atomic mass is 19.4. The highest BCUT2D eigenvalue weighted by molar-refractivity contribution is 5.91. The molecule has 3 N–H and O–H groups in total. The maximum atomic E-state index is 13.8. The quantitative estimate of drug-likeness (QED) is 0.495. The molecule has 33 heavy (non-hydrogen) atoms. The molecule has 3 aromatic rings. The number of nitrogens with zero attached hydrogens (tertiary/aromatic N) is 2. The van der Waals surface area contributed by atoms with Gasteiger partial charge >= 0.3 is 6.18 Å². The van der Waals surface area contributed by atoms with E-state index in [1.165, 1.54) is 32.4 Å². The number of alkyl halides is 3. The third-order valence-corrected chi connectivity index (χ3v) is 7.33. The first-order valence-electron chi connectivity index (χ1n) is 11.3. The number of aromatic amines is 1. The van der Waals surface area contributed by atoms with Gasteiger partial charge in [0.1, 0.15) is 5.39 Å². The first-order chi connectivity index (χ1) is 15.5. The number of H-pyrrole nitrogens is 1. The maximum Gasteiger partial charge on any atom is 0.421 e. The lowest BCUT2D eigenvalue weighted by Crippen LogP contribution is -2.50. The third-order valence-electron chi connectivity index (χ3n) is 7.33. The molecule has 6 nitrogen and oxygen atoms in total. The number of fused-ring (bicyclic) bond motifs is 2. The van der Waals surface area contributed by atoms with Crippen LogP contribution in [0.1, 0.15) is 63.1 Å². The van der Waals surface area contributed by atoms with Gasteiger partial charge < -0.3 is 15.4 Å². The van der Waals surface area contributed by atoms with Gasteiger partial charge in [-0.25, -0.2) is 0 Å². The van der Waals surface area contributed by atoms with E-state index in [0.717, 1.165) is 31.2 Å². The van der Waals surface area contributed by atoms with Crippen LogP contribution in [0.5, 0.6) is 0 Å². The molecule has 1 saturated carbocycles. The zero-order chi connectivity index (χ0) is 23.6. The van der Waals surface area contributed by atoms with E-state index in [0.29, 0.717) is 22.5 Å². The van der Waals surface area contributed by atoms with E-state index in [-0.39, 0.29) is 23.6 Å². The van der Waals surface area contributed by atoms with Gasteiger partial charge in [0, 0.05) is 17.3 Å². The molecule has 2 aliphatic carbocycles. The number of aliphatic hydroxyl groups is 1. The standard InChI is InChI=1S/C24H27F3N4O2/c1-22(2)13-14-12-15(8-9-17(14)23(22,33)24(25,26)27)29-20-19-18(10-11-28-21(19)32)31(30-20)16-6-4-3-5-7-16/h8-12,16,33H,3-7,13H2,1-2H3,(H,28,32)(H,29,30). The van der Waals surface area contributed by atoms with Crippen molar-refractivity contribution in [3.63, 3.8) is 0 Å². The van der Waals surface area contributed by atoms with E-state index < -0.39 is 17.2 Å². The van der Waals surface area contributed by atoms with Crippen molar-refractivity contribution in [2.75, 3.05) is 5.32 Å². The molecule has 2 aliphatic rings. The van der Waals surface area contributed by atoms with Crippen molar-refractivity contribution < 1.29 is 18.3 Å². The Bertz CT molecular complexity index is 1270. The second-order valence-corrected chi connectivity index (χ2v) is 9.92. The summed E-state index contributed by atoms with van der Waals surface area (Å²) in [7, 11) is 0. The maximum absolute atomic E-state index is 13.8. The predicted molar refractivity (Wildman–Crippen MR) is 120 cm³/mol. The fraction of sp³-hybridized carbons (Fsp3) is 0.500. The minimum atomic E-state index is -4.79. The van der Waals surface area contributed by atoms with Crippen LogP contribution in [0.4, 0.5) is 24.7 Å². The summed E-state index contributed by atoms with van der Waals surface area (Å²) in [6, 6.07) is 6.48. The lowest BCUT2D eigenvalue weighted by molar-refractivity contribution is -0.299. The Morgan fingerprint density at radius 1 is 1.18 bits per heavy atom. The summed E-state index contributed by atoms with van der Waals surface area (Å²) in [6.07, 6.45) is 2.29. The molecule has 2 aromatic heterocycles. The van der Waals surface area contributed by atoms with Crippen molar-refractivity contribution in [1.29, 1.82) is 0 Å². The monoisotopic (exact) mass is 460 g/mol. The summed E-state index contributed by atoms with van der Waals surface area (Å²) in [5.41, 5.74) is -3.03. The molecule has 176 valence electrons. The molecule has 0 aliphatic heterocycles. The van der Waals surface area contributed by atoms with Crippen LogP contribution in [-0.2, 0) is 12.0 Å². The molecular formula is C24H27F3N4O2. The Morgan fingerprint density at radius 3 is 2.61 bits per heavy atom. The van der Waals surface area contributed by atoms with Crippen LogP contribution in [0.2, 0.25) is 0 Å². The van der Waals surface area contributed by atoms with Crippen molar-refractivity contribution in [1.82, 2.24) is 14.8 Å². The Hall–Kier alpha value is -2.81. The van der Waals surface area contributed by atoms with Crippen molar-refractivity contribution in [2.45, 2.75) is 70.2 Å². The smallest absolute Gasteiger partial charge is 0.376 e. The molecule has 1 fully saturated rings. The zero-order valence-corrected chi connectivity index (χ0v) is 18.6. The first kappa shape index (κ1) is 22.0. The van der Waals surface area contributed by atoms with Crippen LogP contribution in [0.25, 0.3) is 10.9 Å². The van der Waals surface area contributed by atoms with Gasteiger partial charge in [-0.05, 0) is 48.6 Å². The molecule has 1 atom stereocenters. The van der Waals surface area contributed by atoms with Gasteiger partial charge in [-0.2, -0.15) is 18.3 Å². The van der Waals surface area contributed by atoms with E-state index in [1.54, 1.807) is 12.3 Å². The summed E-state index contributed by atoms with van der Waals surface area (Å²) in [4.78, 5) is 15.3. The summed E-state index contributed by atoms with van der Waals surface area (Å²) in [5, 5.41) is 19.0. The number of pyridine rings is 1. The normalized spacial score (nSPS) is 23.1. The largest absolute Gasteiger partial charge is 0.421 e. The number of halogens is 3. The average molecular weight is 461 g/mol. The lowest BCUT2D eigenvalue weighted by Gasteiger charge is -2.38. The fourth-order valence-corrected chi connectivity index (χ4v) is 5.60. The highest BCUT2D eigenvalue weighted by Gasteiger charge is 2.66. The van der Waals surface area contributed by atoms with Crippen LogP contribution >= 0.6 is 0 Å². The number of hydrogen-bond donors (Lipinski definition) is 3. The van der Waals surface area contributed by atoms with Gasteiger partial charge in [0.2, 0.25) is 0 Å². The molecule has 0 spiro atoms. The Kier molecular flexibility index (Phi) is 4.90. The fourth-order valence-electron chi connectivity index (χ4n) is 5.60. The van der Waals surface area contributed by atoms with Gasteiger partial charge in [0.05, 0.1) is 11.6 Å².